The number of aromatic nitrogens is 1. The predicted octanol–water partition coefficient (Wildman–Crippen LogP) is 3.43. The van der Waals surface area contributed by atoms with Gasteiger partial charge in [-0.2, -0.15) is 0 Å². The maximum atomic E-state index is 12.7. The van der Waals surface area contributed by atoms with Crippen molar-refractivity contribution < 1.29 is 29.3 Å². The van der Waals surface area contributed by atoms with Gasteiger partial charge in [0.05, 0.1) is 17.7 Å². The molecule has 0 aliphatic carbocycles. The lowest BCUT2D eigenvalue weighted by Crippen LogP contribution is -2.64. The van der Waals surface area contributed by atoms with E-state index in [1.807, 2.05) is 27.7 Å². The van der Waals surface area contributed by atoms with E-state index in [4.69, 9.17) is 9.47 Å². The van der Waals surface area contributed by atoms with Gasteiger partial charge in [-0.3, -0.25) is 9.78 Å². The van der Waals surface area contributed by atoms with Gasteiger partial charge in [0.15, 0.2) is 6.79 Å². The first-order valence-corrected chi connectivity index (χ1v) is 9.39. The number of ether oxygens (including phenoxy) is 2. The van der Waals surface area contributed by atoms with Crippen LogP contribution in [0.15, 0.2) is 18.5 Å². The Labute approximate surface area is 165 Å². The molecule has 28 heavy (non-hydrogen) atoms. The zero-order valence-electron chi connectivity index (χ0n) is 17.1. The fraction of sp³-hybridized carbons (Fsp3) is 0.650. The van der Waals surface area contributed by atoms with Gasteiger partial charge < -0.3 is 24.6 Å². The van der Waals surface area contributed by atoms with E-state index < -0.39 is 34.9 Å². The topological polar surface area (TPSA) is 109 Å². The lowest BCUT2D eigenvalue weighted by Gasteiger charge is -2.55. The van der Waals surface area contributed by atoms with Crippen molar-refractivity contribution >= 4 is 12.1 Å². The van der Waals surface area contributed by atoms with Gasteiger partial charge >= 0.3 is 12.1 Å². The zero-order valence-corrected chi connectivity index (χ0v) is 17.1. The molecule has 1 aliphatic heterocycles. The van der Waals surface area contributed by atoms with E-state index in [1.54, 1.807) is 18.5 Å². The number of amides is 1. The molecule has 0 bridgehead atoms. The van der Waals surface area contributed by atoms with E-state index >= 15 is 0 Å². The standard InChI is InChI=1S/C20H30N2O6/c1-6-20(17(23)24)14(13-7-9-21-11-15(13)28-12-27-5)8-10-22(18(25)26)16(20)19(2,3)4/h7,9,11,14,16H,6,8,10,12H2,1-5H3,(H,23,24)(H,25,26). The largest absolute Gasteiger partial charge is 0.481 e. The van der Waals surface area contributed by atoms with Gasteiger partial charge in [-0.05, 0) is 24.3 Å². The lowest BCUT2D eigenvalue weighted by atomic mass is 9.56. The molecular formula is C20H30N2O6. The quantitative estimate of drug-likeness (QED) is 0.711. The monoisotopic (exact) mass is 394 g/mol. The summed E-state index contributed by atoms with van der Waals surface area (Å²) in [6.07, 6.45) is 2.72. The number of carbonyl (C=O) groups is 2. The van der Waals surface area contributed by atoms with Crippen LogP contribution in [0.3, 0.4) is 0 Å². The Morgan fingerprint density at radius 2 is 2.04 bits per heavy atom. The number of aliphatic carboxylic acids is 1. The molecule has 1 fully saturated rings. The molecule has 1 saturated heterocycles. The normalized spacial score (nSPS) is 25.4. The van der Waals surface area contributed by atoms with Crippen molar-refractivity contribution in [2.75, 3.05) is 20.4 Å². The van der Waals surface area contributed by atoms with E-state index in [9.17, 15) is 19.8 Å². The van der Waals surface area contributed by atoms with E-state index in [1.165, 1.54) is 12.0 Å². The first-order chi connectivity index (χ1) is 13.1. The molecule has 2 N–H and O–H groups in total. The van der Waals surface area contributed by atoms with Crippen LogP contribution in [0.4, 0.5) is 4.79 Å². The smallest absolute Gasteiger partial charge is 0.407 e. The minimum absolute atomic E-state index is 0.0154. The zero-order chi connectivity index (χ0) is 21.1. The lowest BCUT2D eigenvalue weighted by molar-refractivity contribution is -0.164. The van der Waals surface area contributed by atoms with E-state index in [0.717, 1.165) is 5.56 Å². The van der Waals surface area contributed by atoms with Crippen molar-refractivity contribution in [1.82, 2.24) is 9.88 Å². The summed E-state index contributed by atoms with van der Waals surface area (Å²) < 4.78 is 10.6. The summed E-state index contributed by atoms with van der Waals surface area (Å²) in [5.41, 5.74) is -1.16. The molecule has 1 aliphatic rings. The van der Waals surface area contributed by atoms with E-state index in [2.05, 4.69) is 4.98 Å². The molecule has 156 valence electrons. The van der Waals surface area contributed by atoms with Crippen LogP contribution < -0.4 is 4.74 Å². The third kappa shape index (κ3) is 3.78. The van der Waals surface area contributed by atoms with Crippen molar-refractivity contribution in [3.63, 3.8) is 0 Å². The van der Waals surface area contributed by atoms with Gasteiger partial charge in [-0.1, -0.05) is 27.7 Å². The van der Waals surface area contributed by atoms with Gasteiger partial charge in [-0.15, -0.1) is 0 Å². The molecule has 2 rings (SSSR count). The minimum atomic E-state index is -1.30. The Hall–Kier alpha value is -2.35. The second kappa shape index (κ2) is 8.34. The maximum Gasteiger partial charge on any atom is 0.407 e. The number of likely N-dealkylation sites (tertiary alicyclic amines) is 1. The van der Waals surface area contributed by atoms with Crippen molar-refractivity contribution in [2.24, 2.45) is 10.8 Å². The molecule has 0 spiro atoms. The molecule has 8 heteroatoms. The molecule has 1 aromatic rings. The molecule has 2 heterocycles. The van der Waals surface area contributed by atoms with Crippen LogP contribution in [0.5, 0.6) is 5.75 Å². The first-order valence-electron chi connectivity index (χ1n) is 9.39. The summed E-state index contributed by atoms with van der Waals surface area (Å²) >= 11 is 0. The fourth-order valence-electron chi connectivity index (χ4n) is 4.78. The van der Waals surface area contributed by atoms with Crippen molar-refractivity contribution in [2.45, 2.75) is 52.5 Å². The highest BCUT2D eigenvalue weighted by Gasteiger charge is 2.60. The van der Waals surface area contributed by atoms with Crippen LogP contribution in [0.1, 0.15) is 52.0 Å². The first kappa shape index (κ1) is 21.9. The number of nitrogens with zero attached hydrogens (tertiary/aromatic N) is 2. The van der Waals surface area contributed by atoms with Crippen LogP contribution in [-0.4, -0.2) is 58.6 Å². The van der Waals surface area contributed by atoms with Gasteiger partial charge in [0.2, 0.25) is 0 Å². The molecule has 3 atom stereocenters. The number of rotatable bonds is 6. The molecule has 0 aromatic carbocycles. The Balaban J connectivity index is 2.68. The number of pyridine rings is 1. The highest BCUT2D eigenvalue weighted by Crippen LogP contribution is 2.55. The highest BCUT2D eigenvalue weighted by atomic mass is 16.7. The summed E-state index contributed by atoms with van der Waals surface area (Å²) in [6.45, 7) is 7.74. The van der Waals surface area contributed by atoms with E-state index in [-0.39, 0.29) is 19.8 Å². The summed E-state index contributed by atoms with van der Waals surface area (Å²) in [6, 6.07) is 1.06. The van der Waals surface area contributed by atoms with Crippen LogP contribution >= 0.6 is 0 Å². The Kier molecular flexibility index (Phi) is 6.54. The SMILES string of the molecule is CCC1(C(=O)O)C(c2ccncc2OCOC)CCN(C(=O)O)C1C(C)(C)C. The highest BCUT2D eigenvalue weighted by molar-refractivity contribution is 5.80. The molecule has 1 aromatic heterocycles. The Bertz CT molecular complexity index is 717. The number of piperidine rings is 1. The Morgan fingerprint density at radius 1 is 1.36 bits per heavy atom. The predicted molar refractivity (Wildman–Crippen MR) is 102 cm³/mol. The van der Waals surface area contributed by atoms with E-state index in [0.29, 0.717) is 12.2 Å². The summed E-state index contributed by atoms with van der Waals surface area (Å²) in [4.78, 5) is 30.1. The van der Waals surface area contributed by atoms with Gasteiger partial charge in [0.25, 0.3) is 0 Å². The van der Waals surface area contributed by atoms with Gasteiger partial charge in [0, 0.05) is 31.3 Å². The molecule has 0 saturated carbocycles. The number of carboxylic acids is 1. The number of methoxy groups -OCH3 is 1. The van der Waals surface area contributed by atoms with Gasteiger partial charge in [-0.25, -0.2) is 4.79 Å². The third-order valence-electron chi connectivity index (χ3n) is 5.65. The number of carboxylic acid groups (broad SMARTS) is 2. The van der Waals surface area contributed by atoms with Crippen LogP contribution in [-0.2, 0) is 9.53 Å². The summed E-state index contributed by atoms with van der Waals surface area (Å²) in [5.74, 6) is -0.963. The van der Waals surface area contributed by atoms with Crippen LogP contribution in [0, 0.1) is 10.8 Å². The van der Waals surface area contributed by atoms with Crippen molar-refractivity contribution in [3.05, 3.63) is 24.0 Å². The van der Waals surface area contributed by atoms with Crippen LogP contribution in [0.2, 0.25) is 0 Å². The average Bonchev–Trinajstić information content (AvgIpc) is 2.64. The minimum Gasteiger partial charge on any atom is -0.481 e. The Morgan fingerprint density at radius 3 is 2.54 bits per heavy atom. The molecule has 8 nitrogen and oxygen atoms in total. The fourth-order valence-corrected chi connectivity index (χ4v) is 4.78. The van der Waals surface area contributed by atoms with Crippen molar-refractivity contribution in [3.8, 4) is 5.75 Å². The molecule has 0 radical (unpaired) electrons. The van der Waals surface area contributed by atoms with Crippen molar-refractivity contribution in [1.29, 1.82) is 0 Å². The molecule has 1 amide bonds. The molecular weight excluding hydrogens is 364 g/mol. The third-order valence-corrected chi connectivity index (χ3v) is 5.65. The number of hydrogen-bond donors (Lipinski definition) is 2. The second-order valence-electron chi connectivity index (χ2n) is 8.25. The second-order valence-corrected chi connectivity index (χ2v) is 8.25. The van der Waals surface area contributed by atoms with Crippen LogP contribution in [0.25, 0.3) is 0 Å². The average molecular weight is 394 g/mol. The van der Waals surface area contributed by atoms with Gasteiger partial charge in [0.1, 0.15) is 5.75 Å². The summed E-state index contributed by atoms with van der Waals surface area (Å²) in [7, 11) is 1.50. The number of hydrogen-bond acceptors (Lipinski definition) is 5. The molecule has 3 unspecified atom stereocenters. The summed E-state index contributed by atoms with van der Waals surface area (Å²) in [5, 5.41) is 20.2. The maximum absolute atomic E-state index is 12.7.